The van der Waals surface area contributed by atoms with Crippen LogP contribution in [0.5, 0.6) is 0 Å². The molecule has 0 unspecified atom stereocenters. The third kappa shape index (κ3) is 4.08. The van der Waals surface area contributed by atoms with Crippen molar-refractivity contribution >= 4 is 15.9 Å². The standard InChI is InChI=1S/C11H15FN2O3S/c1-11(2,7-10(13)15)14-18(16,17)9-5-3-8(12)4-6-9/h3-6,14H,7H2,1-2H3,(H2,13,15). The number of hydrogen-bond acceptors (Lipinski definition) is 3. The third-order valence-electron chi connectivity index (χ3n) is 2.15. The van der Waals surface area contributed by atoms with Gasteiger partial charge in [0.2, 0.25) is 15.9 Å². The summed E-state index contributed by atoms with van der Waals surface area (Å²) in [6, 6.07) is 4.40. The summed E-state index contributed by atoms with van der Waals surface area (Å²) in [4.78, 5) is 10.8. The molecule has 3 N–H and O–H groups in total. The highest BCUT2D eigenvalue weighted by molar-refractivity contribution is 7.89. The van der Waals surface area contributed by atoms with Gasteiger partial charge >= 0.3 is 0 Å². The molecule has 1 aromatic rings. The highest BCUT2D eigenvalue weighted by atomic mass is 32.2. The average Bonchev–Trinajstić information content (AvgIpc) is 2.13. The van der Waals surface area contributed by atoms with Crippen LogP contribution in [-0.4, -0.2) is 19.9 Å². The Morgan fingerprint density at radius 1 is 1.33 bits per heavy atom. The van der Waals surface area contributed by atoms with Crippen LogP contribution in [0.1, 0.15) is 20.3 Å². The largest absolute Gasteiger partial charge is 0.370 e. The summed E-state index contributed by atoms with van der Waals surface area (Å²) in [6.45, 7) is 3.08. The summed E-state index contributed by atoms with van der Waals surface area (Å²) in [5.41, 5.74) is 4.03. The number of nitrogens with two attached hydrogens (primary N) is 1. The van der Waals surface area contributed by atoms with Crippen LogP contribution in [0.15, 0.2) is 29.2 Å². The Kier molecular flexibility index (Phi) is 4.08. The Balaban J connectivity index is 2.95. The molecule has 1 rings (SSSR count). The Hall–Kier alpha value is -1.47. The maximum atomic E-state index is 12.7. The molecule has 1 amide bonds. The molecule has 0 fully saturated rings. The second kappa shape index (κ2) is 5.03. The molecule has 100 valence electrons. The summed E-state index contributed by atoms with van der Waals surface area (Å²) in [5.74, 6) is -1.13. The molecule has 1 aromatic carbocycles. The first-order chi connectivity index (χ1) is 8.12. The van der Waals surface area contributed by atoms with E-state index in [0.717, 1.165) is 24.3 Å². The highest BCUT2D eigenvalue weighted by Crippen LogP contribution is 2.15. The third-order valence-corrected chi connectivity index (χ3v) is 3.86. The van der Waals surface area contributed by atoms with Gasteiger partial charge in [-0.25, -0.2) is 17.5 Å². The minimum absolute atomic E-state index is 0.0681. The van der Waals surface area contributed by atoms with Crippen molar-refractivity contribution in [2.75, 3.05) is 0 Å². The maximum absolute atomic E-state index is 12.7. The molecular weight excluding hydrogens is 259 g/mol. The molecule has 0 aliphatic rings. The number of halogens is 1. The van der Waals surface area contributed by atoms with E-state index in [1.54, 1.807) is 13.8 Å². The molecule has 0 saturated heterocycles. The Morgan fingerprint density at radius 2 is 1.83 bits per heavy atom. The van der Waals surface area contributed by atoms with Crippen LogP contribution in [0.2, 0.25) is 0 Å². The molecular formula is C11H15FN2O3S. The first kappa shape index (κ1) is 14.6. The number of benzene rings is 1. The second-order valence-corrected chi connectivity index (χ2v) is 6.27. The fraction of sp³-hybridized carbons (Fsp3) is 0.364. The van der Waals surface area contributed by atoms with Crippen molar-refractivity contribution in [2.45, 2.75) is 30.7 Å². The molecule has 18 heavy (non-hydrogen) atoms. The van der Waals surface area contributed by atoms with Crippen LogP contribution in [0.3, 0.4) is 0 Å². The summed E-state index contributed by atoms with van der Waals surface area (Å²) >= 11 is 0. The van der Waals surface area contributed by atoms with Gasteiger partial charge in [0.05, 0.1) is 4.90 Å². The topological polar surface area (TPSA) is 89.3 Å². The lowest BCUT2D eigenvalue weighted by molar-refractivity contribution is -0.119. The fourth-order valence-corrected chi connectivity index (χ4v) is 2.92. The molecule has 0 aromatic heterocycles. The van der Waals surface area contributed by atoms with Crippen molar-refractivity contribution in [1.29, 1.82) is 0 Å². The number of nitrogens with one attached hydrogen (secondary N) is 1. The zero-order chi connectivity index (χ0) is 14.0. The number of amides is 1. The van der Waals surface area contributed by atoms with E-state index in [1.165, 1.54) is 0 Å². The molecule has 0 spiro atoms. The lowest BCUT2D eigenvalue weighted by Crippen LogP contribution is -2.45. The molecule has 0 atom stereocenters. The summed E-state index contributed by atoms with van der Waals surface area (Å²) in [5, 5.41) is 0. The summed E-state index contributed by atoms with van der Waals surface area (Å²) < 4.78 is 39.0. The van der Waals surface area contributed by atoms with Gasteiger partial charge in [0, 0.05) is 12.0 Å². The zero-order valence-corrected chi connectivity index (χ0v) is 10.9. The van der Waals surface area contributed by atoms with E-state index in [9.17, 15) is 17.6 Å². The minimum atomic E-state index is -3.80. The molecule has 0 aliphatic carbocycles. The molecule has 7 heteroatoms. The van der Waals surface area contributed by atoms with Gasteiger partial charge in [0.15, 0.2) is 0 Å². The average molecular weight is 274 g/mol. The van der Waals surface area contributed by atoms with Gasteiger partial charge < -0.3 is 5.73 Å². The minimum Gasteiger partial charge on any atom is -0.370 e. The second-order valence-electron chi connectivity index (χ2n) is 4.59. The monoisotopic (exact) mass is 274 g/mol. The number of carbonyl (C=O) groups excluding carboxylic acids is 1. The van der Waals surface area contributed by atoms with E-state index in [0.29, 0.717) is 0 Å². The lowest BCUT2D eigenvalue weighted by Gasteiger charge is -2.24. The van der Waals surface area contributed by atoms with Gasteiger partial charge in [-0.3, -0.25) is 4.79 Å². The maximum Gasteiger partial charge on any atom is 0.241 e. The fourth-order valence-electron chi connectivity index (χ4n) is 1.51. The normalized spacial score (nSPS) is 12.4. The lowest BCUT2D eigenvalue weighted by atomic mass is 10.0. The van der Waals surface area contributed by atoms with Crippen molar-refractivity contribution < 1.29 is 17.6 Å². The van der Waals surface area contributed by atoms with Crippen molar-refractivity contribution in [1.82, 2.24) is 4.72 Å². The van der Waals surface area contributed by atoms with E-state index in [2.05, 4.69) is 4.72 Å². The Bertz CT molecular complexity index is 538. The number of hydrogen-bond donors (Lipinski definition) is 2. The van der Waals surface area contributed by atoms with Gasteiger partial charge in [0.25, 0.3) is 0 Å². The quantitative estimate of drug-likeness (QED) is 0.830. The van der Waals surface area contributed by atoms with E-state index in [1.807, 2.05) is 0 Å². The molecule has 0 saturated carbocycles. The SMILES string of the molecule is CC(C)(CC(N)=O)NS(=O)(=O)c1ccc(F)cc1. The Labute approximate surface area is 105 Å². The molecule has 0 bridgehead atoms. The van der Waals surface area contributed by atoms with E-state index in [-0.39, 0.29) is 11.3 Å². The molecule has 0 radical (unpaired) electrons. The van der Waals surface area contributed by atoms with Crippen LogP contribution < -0.4 is 10.5 Å². The number of carbonyl (C=O) groups is 1. The first-order valence-electron chi connectivity index (χ1n) is 5.20. The summed E-state index contributed by atoms with van der Waals surface area (Å²) in [6.07, 6.45) is -0.132. The van der Waals surface area contributed by atoms with Gasteiger partial charge in [0.1, 0.15) is 5.82 Å². The van der Waals surface area contributed by atoms with Crippen molar-refractivity contribution in [3.05, 3.63) is 30.1 Å². The predicted molar refractivity (Wildman–Crippen MR) is 64.6 cm³/mol. The van der Waals surface area contributed by atoms with Crippen molar-refractivity contribution in [2.24, 2.45) is 5.73 Å². The van der Waals surface area contributed by atoms with Gasteiger partial charge in [-0.1, -0.05) is 0 Å². The van der Waals surface area contributed by atoms with Gasteiger partial charge in [-0.05, 0) is 38.1 Å². The number of rotatable bonds is 5. The van der Waals surface area contributed by atoms with Crippen LogP contribution in [-0.2, 0) is 14.8 Å². The van der Waals surface area contributed by atoms with Crippen LogP contribution in [0.4, 0.5) is 4.39 Å². The molecule has 0 heterocycles. The van der Waals surface area contributed by atoms with Crippen LogP contribution in [0, 0.1) is 5.82 Å². The number of sulfonamides is 1. The summed E-state index contributed by atoms with van der Waals surface area (Å²) in [7, 11) is -3.80. The van der Waals surface area contributed by atoms with Crippen molar-refractivity contribution in [3.8, 4) is 0 Å². The van der Waals surface area contributed by atoms with Crippen LogP contribution >= 0.6 is 0 Å². The van der Waals surface area contributed by atoms with E-state index in [4.69, 9.17) is 5.73 Å². The highest BCUT2D eigenvalue weighted by Gasteiger charge is 2.27. The smallest absolute Gasteiger partial charge is 0.241 e. The zero-order valence-electron chi connectivity index (χ0n) is 10.1. The van der Waals surface area contributed by atoms with E-state index >= 15 is 0 Å². The molecule has 0 aliphatic heterocycles. The van der Waals surface area contributed by atoms with Gasteiger partial charge in [-0.15, -0.1) is 0 Å². The Morgan fingerprint density at radius 3 is 2.28 bits per heavy atom. The first-order valence-corrected chi connectivity index (χ1v) is 6.69. The molecule has 5 nitrogen and oxygen atoms in total. The number of primary amides is 1. The van der Waals surface area contributed by atoms with E-state index < -0.39 is 27.3 Å². The predicted octanol–water partition coefficient (Wildman–Crippen LogP) is 0.758. The van der Waals surface area contributed by atoms with Gasteiger partial charge in [-0.2, -0.15) is 0 Å². The van der Waals surface area contributed by atoms with Crippen LogP contribution in [0.25, 0.3) is 0 Å². The van der Waals surface area contributed by atoms with Crippen molar-refractivity contribution in [3.63, 3.8) is 0 Å².